The van der Waals surface area contributed by atoms with Gasteiger partial charge in [0.2, 0.25) is 0 Å². The molecule has 64 heavy (non-hydrogen) atoms. The minimum absolute atomic E-state index is 0.0324. The average molecular weight is 927 g/mol. The Morgan fingerprint density at radius 1 is 0.562 bits per heavy atom. The van der Waals surface area contributed by atoms with Crippen LogP contribution in [0.4, 0.5) is 0 Å². The van der Waals surface area contributed by atoms with E-state index < -0.39 is 75.7 Å². The molecule has 2 rings (SSSR count). The first-order chi connectivity index (χ1) is 30.9. The van der Waals surface area contributed by atoms with E-state index in [0.717, 1.165) is 51.4 Å². The third-order valence-corrected chi connectivity index (χ3v) is 12.3. The van der Waals surface area contributed by atoms with Gasteiger partial charge in [-0.1, -0.05) is 164 Å². The van der Waals surface area contributed by atoms with E-state index in [1.54, 1.807) is 0 Å². The average Bonchev–Trinajstić information content (AvgIpc) is 4.03. The SMILES string of the molecule is CC/C=C\CC1OC1C/C=C\C/C=C\C/C=C\C/C=C\CCC(=O)OC(COC(=O)CCCCCCCCCCCCCCCCC)COP(=O)(O)OC1C(O)C(O)C(O)C(O)C1O. The van der Waals surface area contributed by atoms with Crippen molar-refractivity contribution in [2.45, 2.75) is 223 Å². The minimum atomic E-state index is -5.14. The first kappa shape index (κ1) is 57.6. The molecule has 0 amide bonds. The third kappa shape index (κ3) is 27.2. The van der Waals surface area contributed by atoms with E-state index in [1.165, 1.54) is 70.6 Å². The highest BCUT2D eigenvalue weighted by atomic mass is 31.2. The molecule has 0 aromatic carbocycles. The van der Waals surface area contributed by atoms with E-state index in [2.05, 4.69) is 56.4 Å². The summed E-state index contributed by atoms with van der Waals surface area (Å²) >= 11 is 0. The minimum Gasteiger partial charge on any atom is -0.462 e. The van der Waals surface area contributed by atoms with Crippen LogP contribution in [0.15, 0.2) is 60.8 Å². The Morgan fingerprint density at radius 2 is 1.02 bits per heavy atom. The molecule has 0 aromatic heterocycles. The molecule has 6 N–H and O–H groups in total. The maximum absolute atomic E-state index is 12.8. The fraction of sp³-hybridized carbons (Fsp3) is 0.755. The number of hydrogen-bond acceptors (Lipinski definition) is 13. The number of rotatable bonds is 38. The molecule has 8 atom stereocenters. The zero-order chi connectivity index (χ0) is 46.8. The zero-order valence-corrected chi connectivity index (χ0v) is 39.6. The van der Waals surface area contributed by atoms with Crippen molar-refractivity contribution in [3.05, 3.63) is 60.8 Å². The lowest BCUT2D eigenvalue weighted by Crippen LogP contribution is -2.64. The number of aliphatic hydroxyl groups excluding tert-OH is 5. The van der Waals surface area contributed by atoms with Crippen molar-refractivity contribution in [1.29, 1.82) is 0 Å². The lowest BCUT2D eigenvalue weighted by Gasteiger charge is -2.41. The Bertz CT molecular complexity index is 1420. The van der Waals surface area contributed by atoms with Crippen molar-refractivity contribution in [2.75, 3.05) is 13.2 Å². The van der Waals surface area contributed by atoms with Crippen molar-refractivity contribution in [3.63, 3.8) is 0 Å². The summed E-state index contributed by atoms with van der Waals surface area (Å²) in [5.74, 6) is -1.20. The molecule has 1 aliphatic heterocycles. The summed E-state index contributed by atoms with van der Waals surface area (Å²) < 4.78 is 39.2. The fourth-order valence-electron chi connectivity index (χ4n) is 7.30. The number of epoxide rings is 1. The van der Waals surface area contributed by atoms with Crippen LogP contribution in [0.3, 0.4) is 0 Å². The van der Waals surface area contributed by atoms with Crippen molar-refractivity contribution in [1.82, 2.24) is 0 Å². The van der Waals surface area contributed by atoms with Crippen LogP contribution in [0.1, 0.15) is 168 Å². The number of carbonyl (C=O) groups excluding carboxylic acids is 2. The van der Waals surface area contributed by atoms with Gasteiger partial charge in [-0.3, -0.25) is 18.6 Å². The van der Waals surface area contributed by atoms with Gasteiger partial charge < -0.3 is 44.6 Å². The smallest absolute Gasteiger partial charge is 0.462 e. The van der Waals surface area contributed by atoms with Gasteiger partial charge in [-0.05, 0) is 51.4 Å². The highest BCUT2D eigenvalue weighted by Crippen LogP contribution is 2.47. The molecule has 2 fully saturated rings. The maximum Gasteiger partial charge on any atom is 0.472 e. The van der Waals surface area contributed by atoms with E-state index in [1.807, 2.05) is 18.2 Å². The molecule has 8 unspecified atom stereocenters. The summed E-state index contributed by atoms with van der Waals surface area (Å²) in [6, 6.07) is 0. The summed E-state index contributed by atoms with van der Waals surface area (Å²) in [7, 11) is -5.14. The number of phosphoric ester groups is 1. The first-order valence-corrected chi connectivity index (χ1v) is 25.7. The Balaban J connectivity index is 1.72. The number of ether oxygens (including phenoxy) is 3. The van der Waals surface area contributed by atoms with Crippen molar-refractivity contribution < 1.29 is 67.8 Å². The Morgan fingerprint density at radius 3 is 1.53 bits per heavy atom. The molecule has 0 bridgehead atoms. The highest BCUT2D eigenvalue weighted by Gasteiger charge is 2.51. The predicted molar refractivity (Wildman–Crippen MR) is 248 cm³/mol. The Hall–Kier alpha value is -2.49. The molecule has 14 nitrogen and oxygen atoms in total. The summed E-state index contributed by atoms with van der Waals surface area (Å²) in [6.45, 7) is 3.12. The number of aliphatic hydroxyl groups is 5. The van der Waals surface area contributed by atoms with Gasteiger partial charge in [0.1, 0.15) is 43.2 Å². The van der Waals surface area contributed by atoms with Gasteiger partial charge >= 0.3 is 19.8 Å². The molecular weight excluding hydrogens is 843 g/mol. The summed E-state index contributed by atoms with van der Waals surface area (Å²) in [4.78, 5) is 35.7. The second-order valence-corrected chi connectivity index (χ2v) is 18.4. The molecule has 0 aromatic rings. The van der Waals surface area contributed by atoms with Crippen LogP contribution in [-0.2, 0) is 37.4 Å². The second-order valence-electron chi connectivity index (χ2n) is 17.0. The molecule has 0 spiro atoms. The number of allylic oxidation sites excluding steroid dienone is 8. The van der Waals surface area contributed by atoms with Gasteiger partial charge in [0.15, 0.2) is 6.10 Å². The van der Waals surface area contributed by atoms with Crippen LogP contribution >= 0.6 is 7.82 Å². The summed E-state index contributed by atoms with van der Waals surface area (Å²) in [5, 5.41) is 50.2. The van der Waals surface area contributed by atoms with E-state index in [9.17, 15) is 44.6 Å². The van der Waals surface area contributed by atoms with Gasteiger partial charge in [0.05, 0.1) is 18.8 Å². The molecule has 1 aliphatic carbocycles. The first-order valence-electron chi connectivity index (χ1n) is 24.2. The summed E-state index contributed by atoms with van der Waals surface area (Å²) in [5.41, 5.74) is 0. The van der Waals surface area contributed by atoms with Gasteiger partial charge in [-0.25, -0.2) is 4.57 Å². The molecule has 2 aliphatic rings. The molecule has 1 heterocycles. The maximum atomic E-state index is 12.8. The van der Waals surface area contributed by atoms with Crippen LogP contribution in [0.25, 0.3) is 0 Å². The van der Waals surface area contributed by atoms with Gasteiger partial charge in [-0.2, -0.15) is 0 Å². The number of carbonyl (C=O) groups is 2. The Kier molecular flexibility index (Phi) is 32.1. The largest absolute Gasteiger partial charge is 0.472 e. The fourth-order valence-corrected chi connectivity index (χ4v) is 8.27. The van der Waals surface area contributed by atoms with Crippen molar-refractivity contribution >= 4 is 19.8 Å². The van der Waals surface area contributed by atoms with E-state index >= 15 is 0 Å². The number of hydrogen-bond donors (Lipinski definition) is 6. The van der Waals surface area contributed by atoms with Crippen molar-refractivity contribution in [2.24, 2.45) is 0 Å². The van der Waals surface area contributed by atoms with Gasteiger partial charge in [0.25, 0.3) is 0 Å². The number of phosphoric acid groups is 1. The monoisotopic (exact) mass is 927 g/mol. The Labute approximate surface area is 383 Å². The van der Waals surface area contributed by atoms with E-state index in [4.69, 9.17) is 23.3 Å². The molecule has 1 saturated carbocycles. The number of unbranched alkanes of at least 4 members (excludes halogenated alkanes) is 14. The highest BCUT2D eigenvalue weighted by molar-refractivity contribution is 7.47. The van der Waals surface area contributed by atoms with Crippen LogP contribution in [0.2, 0.25) is 0 Å². The lowest BCUT2D eigenvalue weighted by atomic mass is 9.85. The van der Waals surface area contributed by atoms with Gasteiger partial charge in [0, 0.05) is 12.8 Å². The van der Waals surface area contributed by atoms with E-state index in [-0.39, 0.29) is 12.8 Å². The third-order valence-electron chi connectivity index (χ3n) is 11.3. The van der Waals surface area contributed by atoms with Crippen LogP contribution < -0.4 is 0 Å². The molecule has 1 saturated heterocycles. The molecule has 368 valence electrons. The number of esters is 2. The van der Waals surface area contributed by atoms with Crippen LogP contribution in [-0.4, -0.2) is 111 Å². The van der Waals surface area contributed by atoms with Crippen molar-refractivity contribution in [3.8, 4) is 0 Å². The molecule has 15 heteroatoms. The predicted octanol–water partition coefficient (Wildman–Crippen LogP) is 8.71. The van der Waals surface area contributed by atoms with Crippen LogP contribution in [0.5, 0.6) is 0 Å². The zero-order valence-electron chi connectivity index (χ0n) is 38.8. The van der Waals surface area contributed by atoms with Gasteiger partial charge in [-0.15, -0.1) is 0 Å². The van der Waals surface area contributed by atoms with Crippen LogP contribution in [0, 0.1) is 0 Å². The molecule has 0 radical (unpaired) electrons. The van der Waals surface area contributed by atoms with E-state index in [0.29, 0.717) is 31.5 Å². The topological polar surface area (TPSA) is 222 Å². The summed E-state index contributed by atoms with van der Waals surface area (Å²) in [6.07, 6.45) is 31.8. The second kappa shape index (κ2) is 35.7. The molecular formula is C49H83O14P. The quantitative estimate of drug-likeness (QED) is 0.0112. The lowest BCUT2D eigenvalue weighted by molar-refractivity contribution is -0.220. The standard InChI is InChI=1S/C49H83O14P/c1-3-5-7-8-9-10-11-12-13-14-18-21-24-27-31-35-42(50)59-37-39(38-60-64(57,58)63-49-47(55)45(53)44(52)46(54)48(49)56)61-43(51)36-32-28-25-22-19-16-15-17-20-23-26-30-34-41-40(62-41)33-29-6-4-2/h6,16-17,19-20,25-26,28-30,39-41,44-49,52-56H,3-5,7-15,18,21-24,27,31-38H2,1-2H3,(H,57,58)/b19-16-,20-17-,28-25-,29-6-,30-26-. The normalized spacial score (nSPS) is 25.2.